The lowest BCUT2D eigenvalue weighted by atomic mass is 9.87. The second-order valence-electron chi connectivity index (χ2n) is 7.68. The molecular formula is C18H34N4O. The number of nitrogens with one attached hydrogen (secondary N) is 1. The zero-order valence-electron chi connectivity index (χ0n) is 15.0. The Labute approximate surface area is 141 Å². The molecule has 3 aliphatic heterocycles. The molecule has 0 bridgehead atoms. The lowest BCUT2D eigenvalue weighted by Gasteiger charge is -2.33. The van der Waals surface area contributed by atoms with E-state index >= 15 is 0 Å². The lowest BCUT2D eigenvalue weighted by Crippen LogP contribution is -2.43. The summed E-state index contributed by atoms with van der Waals surface area (Å²) in [6, 6.07) is 0.767. The third-order valence-electron chi connectivity index (χ3n) is 5.98. The Bertz CT molecular complexity index is 406. The first-order valence-electron chi connectivity index (χ1n) is 9.50. The Kier molecular flexibility index (Phi) is 5.81. The van der Waals surface area contributed by atoms with Crippen LogP contribution in [-0.4, -0.2) is 74.8 Å². The molecule has 3 saturated heterocycles. The van der Waals surface area contributed by atoms with Crippen LogP contribution in [0.15, 0.2) is 4.99 Å². The first kappa shape index (κ1) is 17.0. The molecule has 2 unspecified atom stereocenters. The molecule has 0 aliphatic carbocycles. The molecule has 3 rings (SSSR count). The fraction of sp³-hybridized carbons (Fsp3) is 0.944. The van der Waals surface area contributed by atoms with E-state index in [1.807, 2.05) is 7.05 Å². The molecular weight excluding hydrogens is 288 g/mol. The molecule has 0 amide bonds. The van der Waals surface area contributed by atoms with E-state index in [1.165, 1.54) is 51.6 Å². The average Bonchev–Trinajstić information content (AvgIpc) is 3.20. The summed E-state index contributed by atoms with van der Waals surface area (Å²) >= 11 is 0. The molecule has 132 valence electrons. The normalized spacial score (nSPS) is 32.9. The van der Waals surface area contributed by atoms with E-state index in [0.717, 1.165) is 44.8 Å². The third-order valence-corrected chi connectivity index (χ3v) is 5.98. The molecule has 2 atom stereocenters. The highest BCUT2D eigenvalue weighted by Gasteiger charge is 2.42. The Morgan fingerprint density at radius 3 is 2.96 bits per heavy atom. The first-order chi connectivity index (χ1) is 11.2. The van der Waals surface area contributed by atoms with Gasteiger partial charge in [-0.1, -0.05) is 6.42 Å². The largest absolute Gasteiger partial charge is 0.381 e. The van der Waals surface area contributed by atoms with Crippen LogP contribution >= 0.6 is 0 Å². The highest BCUT2D eigenvalue weighted by molar-refractivity contribution is 5.80. The maximum Gasteiger partial charge on any atom is 0.193 e. The number of nitrogens with zero attached hydrogens (tertiary/aromatic N) is 3. The van der Waals surface area contributed by atoms with Gasteiger partial charge < -0.3 is 19.9 Å². The molecule has 3 heterocycles. The van der Waals surface area contributed by atoms with Gasteiger partial charge in [-0.15, -0.1) is 0 Å². The van der Waals surface area contributed by atoms with Gasteiger partial charge in [-0.05, 0) is 45.6 Å². The van der Waals surface area contributed by atoms with Crippen LogP contribution in [0.2, 0.25) is 0 Å². The van der Waals surface area contributed by atoms with Crippen LogP contribution in [0.1, 0.15) is 45.4 Å². The summed E-state index contributed by atoms with van der Waals surface area (Å²) in [5.41, 5.74) is 0.404. The minimum Gasteiger partial charge on any atom is -0.381 e. The predicted octanol–water partition coefficient (Wildman–Crippen LogP) is 1.94. The summed E-state index contributed by atoms with van der Waals surface area (Å²) in [5, 5.41) is 3.58. The molecule has 5 heteroatoms. The number of likely N-dealkylation sites (tertiary alicyclic amines) is 2. The van der Waals surface area contributed by atoms with Gasteiger partial charge in [0.1, 0.15) is 0 Å². The molecule has 1 spiro atoms. The number of hydrogen-bond acceptors (Lipinski definition) is 3. The minimum atomic E-state index is 0.404. The number of ether oxygens (including phenoxy) is 1. The van der Waals surface area contributed by atoms with Crippen LogP contribution in [0, 0.1) is 5.41 Å². The lowest BCUT2D eigenvalue weighted by molar-refractivity contribution is 0.156. The van der Waals surface area contributed by atoms with Crippen molar-refractivity contribution in [2.45, 2.75) is 51.5 Å². The monoisotopic (exact) mass is 322 g/mol. The molecule has 3 fully saturated rings. The van der Waals surface area contributed by atoms with E-state index in [-0.39, 0.29) is 0 Å². The van der Waals surface area contributed by atoms with Gasteiger partial charge in [-0.2, -0.15) is 0 Å². The standard InChI is InChI=1S/C18H34N4O/c1-16-6-3-4-10-21(16)11-5-9-20-17(19-2)22-12-7-18(14-22)8-13-23-15-18/h16H,3-15H2,1-2H3,(H,19,20). The van der Waals surface area contributed by atoms with Crippen molar-refractivity contribution in [3.8, 4) is 0 Å². The van der Waals surface area contributed by atoms with E-state index in [4.69, 9.17) is 4.74 Å². The van der Waals surface area contributed by atoms with Gasteiger partial charge in [0, 0.05) is 51.3 Å². The Morgan fingerprint density at radius 1 is 1.30 bits per heavy atom. The first-order valence-corrected chi connectivity index (χ1v) is 9.50. The van der Waals surface area contributed by atoms with Gasteiger partial charge in [0.05, 0.1) is 6.61 Å². The Morgan fingerprint density at radius 2 is 2.22 bits per heavy atom. The van der Waals surface area contributed by atoms with Crippen LogP contribution in [-0.2, 0) is 4.74 Å². The van der Waals surface area contributed by atoms with Gasteiger partial charge in [-0.25, -0.2) is 0 Å². The molecule has 3 aliphatic rings. The molecule has 1 N–H and O–H groups in total. The Hall–Kier alpha value is -0.810. The van der Waals surface area contributed by atoms with Crippen molar-refractivity contribution in [1.29, 1.82) is 0 Å². The molecule has 0 saturated carbocycles. The van der Waals surface area contributed by atoms with Crippen molar-refractivity contribution >= 4 is 5.96 Å². The van der Waals surface area contributed by atoms with Crippen LogP contribution < -0.4 is 5.32 Å². The Balaban J connectivity index is 1.38. The van der Waals surface area contributed by atoms with Crippen molar-refractivity contribution in [3.05, 3.63) is 0 Å². The van der Waals surface area contributed by atoms with Crippen LogP contribution in [0.3, 0.4) is 0 Å². The summed E-state index contributed by atoms with van der Waals surface area (Å²) in [6.45, 7) is 9.99. The van der Waals surface area contributed by atoms with Gasteiger partial charge >= 0.3 is 0 Å². The second-order valence-corrected chi connectivity index (χ2v) is 7.68. The summed E-state index contributed by atoms with van der Waals surface area (Å²) < 4.78 is 5.63. The SMILES string of the molecule is CN=C(NCCCN1CCCCC1C)N1CCC2(CCOC2)C1. The zero-order valence-corrected chi connectivity index (χ0v) is 15.0. The van der Waals surface area contributed by atoms with Crippen molar-refractivity contribution < 1.29 is 4.74 Å². The van der Waals surface area contributed by atoms with E-state index in [2.05, 4.69) is 27.0 Å². The van der Waals surface area contributed by atoms with Crippen LogP contribution in [0.4, 0.5) is 0 Å². The maximum absolute atomic E-state index is 5.63. The van der Waals surface area contributed by atoms with Crippen molar-refractivity contribution in [2.24, 2.45) is 10.4 Å². The average molecular weight is 322 g/mol. The summed E-state index contributed by atoms with van der Waals surface area (Å²) in [7, 11) is 1.91. The molecule has 23 heavy (non-hydrogen) atoms. The van der Waals surface area contributed by atoms with Gasteiger partial charge in [0.25, 0.3) is 0 Å². The summed E-state index contributed by atoms with van der Waals surface area (Å²) in [5.74, 6) is 1.08. The molecule has 0 aromatic carbocycles. The van der Waals surface area contributed by atoms with E-state index in [0.29, 0.717) is 5.41 Å². The highest BCUT2D eigenvalue weighted by atomic mass is 16.5. The quantitative estimate of drug-likeness (QED) is 0.488. The number of aliphatic imine (C=N–C) groups is 1. The second kappa shape index (κ2) is 7.84. The number of rotatable bonds is 4. The van der Waals surface area contributed by atoms with Gasteiger partial charge in [0.15, 0.2) is 5.96 Å². The molecule has 0 radical (unpaired) electrons. The number of hydrogen-bond donors (Lipinski definition) is 1. The van der Waals surface area contributed by atoms with Crippen molar-refractivity contribution in [2.75, 3.05) is 53.0 Å². The van der Waals surface area contributed by atoms with E-state index < -0.39 is 0 Å². The fourth-order valence-corrected chi connectivity index (χ4v) is 4.39. The highest BCUT2D eigenvalue weighted by Crippen LogP contribution is 2.38. The van der Waals surface area contributed by atoms with Crippen LogP contribution in [0.25, 0.3) is 0 Å². The van der Waals surface area contributed by atoms with Gasteiger partial charge in [0.2, 0.25) is 0 Å². The maximum atomic E-state index is 5.63. The topological polar surface area (TPSA) is 40.1 Å². The predicted molar refractivity (Wildman–Crippen MR) is 94.9 cm³/mol. The van der Waals surface area contributed by atoms with E-state index in [1.54, 1.807) is 0 Å². The van der Waals surface area contributed by atoms with Gasteiger partial charge in [-0.3, -0.25) is 4.99 Å². The van der Waals surface area contributed by atoms with Crippen molar-refractivity contribution in [1.82, 2.24) is 15.1 Å². The van der Waals surface area contributed by atoms with E-state index in [9.17, 15) is 0 Å². The van der Waals surface area contributed by atoms with Crippen molar-refractivity contribution in [3.63, 3.8) is 0 Å². The molecule has 5 nitrogen and oxygen atoms in total. The zero-order chi connectivity index (χ0) is 16.1. The molecule has 0 aromatic heterocycles. The minimum absolute atomic E-state index is 0.404. The molecule has 0 aromatic rings. The smallest absolute Gasteiger partial charge is 0.193 e. The summed E-state index contributed by atoms with van der Waals surface area (Å²) in [6.07, 6.45) is 7.81. The number of piperidine rings is 1. The van der Waals surface area contributed by atoms with Crippen LogP contribution in [0.5, 0.6) is 0 Å². The summed E-state index contributed by atoms with van der Waals surface area (Å²) in [4.78, 5) is 9.58. The number of guanidine groups is 1. The third kappa shape index (κ3) is 4.18. The fourth-order valence-electron chi connectivity index (χ4n) is 4.39.